The number of nitrogens with two attached hydrogens (primary N) is 1. The predicted molar refractivity (Wildman–Crippen MR) is 194 cm³/mol. The molecule has 0 bridgehead atoms. The van der Waals surface area contributed by atoms with E-state index in [2.05, 4.69) is 22.5 Å². The third-order valence-electron chi connectivity index (χ3n) is 8.40. The molecular formula is C36H49N3O10S2. The number of allylic oxidation sites excluding steroid dienone is 3. The monoisotopic (exact) mass is 747 g/mol. The molecule has 15 heteroatoms. The molecule has 280 valence electrons. The summed E-state index contributed by atoms with van der Waals surface area (Å²) >= 11 is 0. The van der Waals surface area contributed by atoms with Crippen molar-refractivity contribution in [3.05, 3.63) is 65.4 Å². The van der Waals surface area contributed by atoms with E-state index in [0.29, 0.717) is 18.8 Å². The standard InChI is InChI=1S/C36H49N3O10S2/c1-6-8-10-15-28(48-34-33(26(40)18-22(3)47-34)49-30-19-29(44-4)25(21-46-30)38-7-2)31-24(16-17-50-51-23-13-11-9-12-14-23)36(37,43)20-27(41)32(31)39-35(42)45-5/h6,8-9,11-14,16,22,25-26,28-30,33-34,38,40,43H,7,17-21,37H2,1-5H3,(H,39,42)/b8-6-,24-16+/t22-,25+,26+,28+,29+,30+,33-,34+,36+/m1/s1. The molecule has 1 aromatic carbocycles. The number of aliphatic hydroxyl groups excluding tert-OH is 1. The number of likely N-dealkylation sites (N-methyl/N-ethyl adjacent to an activating group) is 1. The maximum absolute atomic E-state index is 13.6. The van der Waals surface area contributed by atoms with Gasteiger partial charge in [-0.2, -0.15) is 0 Å². The van der Waals surface area contributed by atoms with Gasteiger partial charge in [0.05, 0.1) is 50.2 Å². The van der Waals surface area contributed by atoms with Crippen LogP contribution < -0.4 is 16.4 Å². The number of Topliss-reactive ketones (excluding diaryl/α,β-unsaturated/α-hetero) is 1. The lowest BCUT2D eigenvalue weighted by Crippen LogP contribution is -2.56. The van der Waals surface area contributed by atoms with E-state index in [9.17, 15) is 19.8 Å². The Morgan fingerprint density at radius 3 is 2.71 bits per heavy atom. The van der Waals surface area contributed by atoms with E-state index in [1.165, 1.54) is 28.7 Å². The van der Waals surface area contributed by atoms with Crippen LogP contribution >= 0.6 is 21.6 Å². The van der Waals surface area contributed by atoms with Crippen LogP contribution in [0, 0.1) is 11.8 Å². The van der Waals surface area contributed by atoms with Gasteiger partial charge in [-0.25, -0.2) is 4.79 Å². The van der Waals surface area contributed by atoms with E-state index < -0.39 is 61.0 Å². The van der Waals surface area contributed by atoms with Crippen LogP contribution in [0.4, 0.5) is 4.79 Å². The molecule has 0 radical (unpaired) electrons. The summed E-state index contributed by atoms with van der Waals surface area (Å²) in [7, 11) is 5.79. The molecule has 6 N–H and O–H groups in total. The second-order valence-corrected chi connectivity index (χ2v) is 14.6. The van der Waals surface area contributed by atoms with Gasteiger partial charge >= 0.3 is 6.09 Å². The number of hydrogen-bond donors (Lipinski definition) is 5. The SMILES string of the molecule is C/C=C\C#C[C@H](O[C@@H]1O[C@H](C)C[C@H](O)[C@H]1O[C@H]1C[C@H](OC)[C@@H](NCC)CO1)C1=C(NC(=O)OC)C(=O)C[C@](N)(O)/C1=C/CSSc1ccccc1. The zero-order valence-electron chi connectivity index (χ0n) is 29.5. The first-order chi connectivity index (χ1) is 24.5. The molecule has 9 atom stereocenters. The number of nitrogens with one attached hydrogen (secondary N) is 2. The Bertz CT molecular complexity index is 1480. The summed E-state index contributed by atoms with van der Waals surface area (Å²) < 4.78 is 35.7. The third kappa shape index (κ3) is 11.4. The number of benzene rings is 1. The van der Waals surface area contributed by atoms with Crippen LogP contribution in [0.5, 0.6) is 0 Å². The molecule has 2 saturated heterocycles. The van der Waals surface area contributed by atoms with Crippen molar-refractivity contribution in [2.75, 3.05) is 33.1 Å². The number of alkyl carbamates (subject to hydrolysis) is 1. The van der Waals surface area contributed by atoms with Crippen LogP contribution in [0.3, 0.4) is 0 Å². The molecule has 1 amide bonds. The number of rotatable bonds is 13. The van der Waals surface area contributed by atoms with E-state index in [1.807, 2.05) is 37.3 Å². The highest BCUT2D eigenvalue weighted by atomic mass is 33.1. The van der Waals surface area contributed by atoms with Gasteiger partial charge in [0.1, 0.15) is 17.9 Å². The van der Waals surface area contributed by atoms with Gasteiger partial charge in [0.25, 0.3) is 0 Å². The summed E-state index contributed by atoms with van der Waals surface area (Å²) in [6.07, 6.45) is -1.88. The molecule has 3 aliphatic rings. The average Bonchev–Trinajstić information content (AvgIpc) is 3.10. The summed E-state index contributed by atoms with van der Waals surface area (Å²) in [6.45, 7) is 6.63. The normalized spacial score (nSPS) is 31.3. The molecule has 4 rings (SSSR count). The highest BCUT2D eigenvalue weighted by molar-refractivity contribution is 8.76. The number of ketones is 1. The first-order valence-electron chi connectivity index (χ1n) is 16.8. The molecule has 0 saturated carbocycles. The summed E-state index contributed by atoms with van der Waals surface area (Å²) in [6, 6.07) is 9.70. The van der Waals surface area contributed by atoms with Crippen LogP contribution in [-0.2, 0) is 33.2 Å². The minimum Gasteiger partial charge on any atom is -0.453 e. The molecule has 0 unspecified atom stereocenters. The Hall–Kier alpha value is -2.72. The molecule has 1 aliphatic carbocycles. The van der Waals surface area contributed by atoms with Crippen molar-refractivity contribution in [2.45, 2.75) is 99.8 Å². The maximum Gasteiger partial charge on any atom is 0.411 e. The molecule has 2 heterocycles. The fraction of sp³-hybridized carbons (Fsp3) is 0.556. The Morgan fingerprint density at radius 2 is 2.02 bits per heavy atom. The van der Waals surface area contributed by atoms with Crippen LogP contribution in [0.15, 0.2) is 70.3 Å². The van der Waals surface area contributed by atoms with E-state index in [4.69, 9.17) is 34.2 Å². The molecule has 2 fully saturated rings. The van der Waals surface area contributed by atoms with E-state index in [-0.39, 0.29) is 35.4 Å². The smallest absolute Gasteiger partial charge is 0.411 e. The number of amides is 1. The Balaban J connectivity index is 1.72. The lowest BCUT2D eigenvalue weighted by molar-refractivity contribution is -0.319. The van der Waals surface area contributed by atoms with Crippen molar-refractivity contribution in [2.24, 2.45) is 5.73 Å². The largest absolute Gasteiger partial charge is 0.453 e. The number of ether oxygens (including phenoxy) is 6. The van der Waals surface area contributed by atoms with Crippen LogP contribution in [0.2, 0.25) is 0 Å². The zero-order valence-corrected chi connectivity index (χ0v) is 31.2. The van der Waals surface area contributed by atoms with Crippen molar-refractivity contribution in [1.29, 1.82) is 0 Å². The first kappa shape index (κ1) is 41.0. The predicted octanol–water partition coefficient (Wildman–Crippen LogP) is 3.17. The van der Waals surface area contributed by atoms with Gasteiger partial charge < -0.3 is 44.0 Å². The van der Waals surface area contributed by atoms with Crippen molar-refractivity contribution in [3.63, 3.8) is 0 Å². The molecule has 1 aromatic rings. The van der Waals surface area contributed by atoms with Crippen molar-refractivity contribution in [1.82, 2.24) is 10.6 Å². The maximum atomic E-state index is 13.6. The highest BCUT2D eigenvalue weighted by Crippen LogP contribution is 2.39. The minimum absolute atomic E-state index is 0.0286. The molecule has 2 aliphatic heterocycles. The number of carbonyl (C=O) groups excluding carboxylic acids is 2. The van der Waals surface area contributed by atoms with Gasteiger partial charge in [0.2, 0.25) is 0 Å². The average molecular weight is 748 g/mol. The number of aliphatic hydroxyl groups is 2. The van der Waals surface area contributed by atoms with Gasteiger partial charge in [-0.15, -0.1) is 0 Å². The van der Waals surface area contributed by atoms with Crippen LogP contribution in [-0.4, -0.2) is 110 Å². The summed E-state index contributed by atoms with van der Waals surface area (Å²) in [5.74, 6) is 5.58. The summed E-state index contributed by atoms with van der Waals surface area (Å²) in [4.78, 5) is 27.2. The Morgan fingerprint density at radius 1 is 1.25 bits per heavy atom. The number of methoxy groups -OCH3 is 2. The number of hydrogen-bond acceptors (Lipinski definition) is 14. The Kier molecular flexibility index (Phi) is 16.0. The molecule has 0 aromatic heterocycles. The van der Waals surface area contributed by atoms with Gasteiger partial charge in [0.15, 0.2) is 18.4 Å². The first-order valence-corrected chi connectivity index (χ1v) is 19.2. The van der Waals surface area contributed by atoms with Crippen LogP contribution in [0.1, 0.15) is 40.0 Å². The highest BCUT2D eigenvalue weighted by Gasteiger charge is 2.47. The van der Waals surface area contributed by atoms with E-state index >= 15 is 0 Å². The van der Waals surface area contributed by atoms with Crippen LogP contribution in [0.25, 0.3) is 0 Å². The molecule has 0 spiro atoms. The lowest BCUT2D eigenvalue weighted by atomic mass is 9.80. The van der Waals surface area contributed by atoms with Gasteiger partial charge in [0, 0.05) is 41.7 Å². The van der Waals surface area contributed by atoms with Gasteiger partial charge in [-0.1, -0.05) is 70.7 Å². The fourth-order valence-electron chi connectivity index (χ4n) is 6.01. The van der Waals surface area contributed by atoms with Crippen molar-refractivity contribution >= 4 is 33.5 Å². The zero-order chi connectivity index (χ0) is 37.0. The number of carbonyl (C=O) groups is 2. The second kappa shape index (κ2) is 19.9. The second-order valence-electron chi connectivity index (χ2n) is 12.2. The molecule has 51 heavy (non-hydrogen) atoms. The fourth-order valence-corrected chi connectivity index (χ4v) is 7.87. The molecule has 13 nitrogen and oxygen atoms in total. The molecular weight excluding hydrogens is 699 g/mol. The van der Waals surface area contributed by atoms with Gasteiger partial charge in [-0.3, -0.25) is 15.8 Å². The Labute approximate surface area is 307 Å². The van der Waals surface area contributed by atoms with Gasteiger partial charge in [-0.05, 0) is 38.6 Å². The summed E-state index contributed by atoms with van der Waals surface area (Å²) in [5.41, 5.74) is 4.25. The topological polar surface area (TPSA) is 180 Å². The quantitative estimate of drug-likeness (QED) is 0.0860. The minimum atomic E-state index is -2.14. The summed E-state index contributed by atoms with van der Waals surface area (Å²) in [5, 5.41) is 28.7. The van der Waals surface area contributed by atoms with E-state index in [0.717, 1.165) is 11.4 Å². The van der Waals surface area contributed by atoms with Crippen molar-refractivity contribution in [3.8, 4) is 11.8 Å². The van der Waals surface area contributed by atoms with Crippen molar-refractivity contribution < 1.29 is 48.2 Å². The third-order valence-corrected chi connectivity index (χ3v) is 10.6. The lowest BCUT2D eigenvalue weighted by Gasteiger charge is -2.43. The van der Waals surface area contributed by atoms with E-state index in [1.54, 1.807) is 39.2 Å².